The van der Waals surface area contributed by atoms with Gasteiger partial charge in [-0.15, -0.1) is 15.6 Å². The van der Waals surface area contributed by atoms with Crippen LogP contribution in [-0.4, -0.2) is 64.3 Å². The van der Waals surface area contributed by atoms with E-state index in [1.165, 1.54) is 13.8 Å². The van der Waals surface area contributed by atoms with E-state index >= 15 is 0 Å². The SMILES string of the molecule is CCCOC(C)C(C)(C)O/N=C(\C(=O)C[C@@H]1C(=O)N(OS(=O)(=O)O)C1(C)C)c1csc(N)n1. The average Bonchev–Trinajstić information content (AvgIpc) is 3.13. The number of Topliss-reactive ketones (excluding diaryl/α,β-unsaturated/α-hetero) is 1. The highest BCUT2D eigenvalue weighted by atomic mass is 32.3. The van der Waals surface area contributed by atoms with Crippen LogP contribution in [0, 0.1) is 5.92 Å². The van der Waals surface area contributed by atoms with Gasteiger partial charge in [0.2, 0.25) is 0 Å². The third-order valence-corrected chi connectivity index (χ3v) is 6.40. The summed E-state index contributed by atoms with van der Waals surface area (Å²) in [5, 5.41) is 6.33. The van der Waals surface area contributed by atoms with Crippen molar-refractivity contribution in [2.75, 3.05) is 12.3 Å². The van der Waals surface area contributed by atoms with E-state index in [0.29, 0.717) is 11.7 Å². The van der Waals surface area contributed by atoms with Gasteiger partial charge in [-0.25, -0.2) is 4.98 Å². The van der Waals surface area contributed by atoms with Crippen LogP contribution in [0.3, 0.4) is 0 Å². The summed E-state index contributed by atoms with van der Waals surface area (Å²) in [6, 6.07) is 0. The second-order valence-electron chi connectivity index (χ2n) is 8.69. The minimum Gasteiger partial charge on any atom is -0.386 e. The first kappa shape index (κ1) is 27.1. The largest absolute Gasteiger partial charge is 0.418 e. The van der Waals surface area contributed by atoms with Gasteiger partial charge in [-0.2, -0.15) is 13.5 Å². The number of oxime groups is 1. The van der Waals surface area contributed by atoms with Crippen LogP contribution in [0.25, 0.3) is 0 Å². The summed E-state index contributed by atoms with van der Waals surface area (Å²) in [7, 11) is -4.89. The van der Waals surface area contributed by atoms with E-state index in [0.717, 1.165) is 17.8 Å². The topological polar surface area (TPSA) is 171 Å². The summed E-state index contributed by atoms with van der Waals surface area (Å²) >= 11 is 1.11. The van der Waals surface area contributed by atoms with Crippen molar-refractivity contribution < 1.29 is 36.4 Å². The number of hydrogen-bond donors (Lipinski definition) is 2. The fourth-order valence-electron chi connectivity index (χ4n) is 3.02. The van der Waals surface area contributed by atoms with Gasteiger partial charge in [0.25, 0.3) is 5.91 Å². The number of carbonyl (C=O) groups excluding carboxylic acids is 2. The summed E-state index contributed by atoms with van der Waals surface area (Å²) in [5.41, 5.74) is 3.70. The second kappa shape index (κ2) is 10.0. The predicted molar refractivity (Wildman–Crippen MR) is 121 cm³/mol. The number of rotatable bonds is 12. The number of hydroxylamine groups is 2. The number of nitrogens with two attached hydrogens (primary N) is 1. The number of ketones is 1. The zero-order chi connectivity index (χ0) is 25.2. The Labute approximate surface area is 197 Å². The van der Waals surface area contributed by atoms with Gasteiger partial charge in [0, 0.05) is 18.4 Å². The standard InChI is InChI=1S/C19H30N4O8S2/c1-7-8-29-11(2)19(5,6)30-22-15(13-10-32-17(20)21-13)14(24)9-12-16(25)23(18(12,3)4)31-33(26,27)28/h10-12H,7-9H2,1-6H3,(H2,20,21)(H,26,27,28)/b22-15-/t11?,12-/m1/s1. The minimum atomic E-state index is -4.89. The molecule has 0 aromatic carbocycles. The van der Waals surface area contributed by atoms with E-state index in [9.17, 15) is 18.0 Å². The van der Waals surface area contributed by atoms with Gasteiger partial charge in [0.1, 0.15) is 5.69 Å². The van der Waals surface area contributed by atoms with Gasteiger partial charge in [0.05, 0.1) is 17.6 Å². The van der Waals surface area contributed by atoms with Crippen LogP contribution in [0.4, 0.5) is 5.13 Å². The Balaban J connectivity index is 2.24. The molecule has 0 aliphatic carbocycles. The molecule has 0 saturated carbocycles. The van der Waals surface area contributed by atoms with Gasteiger partial charge in [-0.1, -0.05) is 12.1 Å². The first-order valence-corrected chi connectivity index (χ1v) is 12.5. The highest BCUT2D eigenvalue weighted by Gasteiger charge is 2.57. The number of anilines is 1. The van der Waals surface area contributed by atoms with E-state index in [2.05, 4.69) is 14.4 Å². The van der Waals surface area contributed by atoms with Crippen molar-refractivity contribution in [3.63, 3.8) is 0 Å². The van der Waals surface area contributed by atoms with E-state index in [-0.39, 0.29) is 29.1 Å². The van der Waals surface area contributed by atoms with E-state index in [1.807, 2.05) is 13.8 Å². The molecule has 3 N–H and O–H groups in total. The normalized spacial score (nSPS) is 19.8. The average molecular weight is 507 g/mol. The highest BCUT2D eigenvalue weighted by molar-refractivity contribution is 7.80. The Morgan fingerprint density at radius 1 is 1.45 bits per heavy atom. The molecule has 1 aliphatic heterocycles. The first-order valence-electron chi connectivity index (χ1n) is 10.2. The Bertz CT molecular complexity index is 1020. The van der Waals surface area contributed by atoms with E-state index < -0.39 is 39.1 Å². The molecule has 1 aliphatic rings. The number of amides is 1. The summed E-state index contributed by atoms with van der Waals surface area (Å²) in [6.07, 6.45) is 0.171. The molecule has 1 aromatic rings. The number of nitrogen functional groups attached to an aromatic ring is 1. The van der Waals surface area contributed by atoms with Gasteiger partial charge in [0.15, 0.2) is 22.2 Å². The Morgan fingerprint density at radius 3 is 2.58 bits per heavy atom. The second-order valence-corrected chi connectivity index (χ2v) is 10.6. The molecular formula is C19H30N4O8S2. The molecule has 0 spiro atoms. The zero-order valence-electron chi connectivity index (χ0n) is 19.4. The van der Waals surface area contributed by atoms with Crippen LogP contribution in [0.2, 0.25) is 0 Å². The Kier molecular flexibility index (Phi) is 8.23. The molecule has 2 rings (SSSR count). The molecule has 0 bridgehead atoms. The zero-order valence-corrected chi connectivity index (χ0v) is 21.0. The number of ether oxygens (including phenoxy) is 1. The summed E-state index contributed by atoms with van der Waals surface area (Å²) < 4.78 is 40.9. The lowest BCUT2D eigenvalue weighted by atomic mass is 9.74. The summed E-state index contributed by atoms with van der Waals surface area (Å²) in [6.45, 7) is 10.9. The first-order chi connectivity index (χ1) is 15.1. The van der Waals surface area contributed by atoms with Crippen molar-refractivity contribution in [1.29, 1.82) is 0 Å². The van der Waals surface area contributed by atoms with Crippen molar-refractivity contribution in [2.24, 2.45) is 11.1 Å². The van der Waals surface area contributed by atoms with Crippen molar-refractivity contribution in [1.82, 2.24) is 10.0 Å². The number of carbonyl (C=O) groups is 2. The van der Waals surface area contributed by atoms with Crippen LogP contribution >= 0.6 is 11.3 Å². The molecule has 1 aromatic heterocycles. The molecule has 12 nitrogen and oxygen atoms in total. The number of hydrogen-bond acceptors (Lipinski definition) is 11. The third kappa shape index (κ3) is 6.47. The molecule has 1 unspecified atom stereocenters. The highest BCUT2D eigenvalue weighted by Crippen LogP contribution is 2.40. The van der Waals surface area contributed by atoms with Gasteiger partial charge in [-0.3, -0.25) is 14.1 Å². The van der Waals surface area contributed by atoms with Gasteiger partial charge >= 0.3 is 10.4 Å². The lowest BCUT2D eigenvalue weighted by Crippen LogP contribution is -2.68. The molecule has 33 heavy (non-hydrogen) atoms. The third-order valence-electron chi connectivity index (χ3n) is 5.38. The fourth-order valence-corrected chi connectivity index (χ4v) is 4.02. The molecule has 2 heterocycles. The fraction of sp³-hybridized carbons (Fsp3) is 0.684. The summed E-state index contributed by atoms with van der Waals surface area (Å²) in [4.78, 5) is 35.3. The molecule has 14 heteroatoms. The molecule has 1 amide bonds. The Hall–Kier alpha value is -2.13. The molecular weight excluding hydrogens is 476 g/mol. The smallest absolute Gasteiger partial charge is 0.386 e. The number of thiazole rings is 1. The van der Waals surface area contributed by atoms with Crippen LogP contribution in [0.5, 0.6) is 0 Å². The lowest BCUT2D eigenvalue weighted by Gasteiger charge is -2.50. The maximum absolute atomic E-state index is 13.1. The molecule has 1 saturated heterocycles. The number of nitrogens with zero attached hydrogens (tertiary/aromatic N) is 3. The molecule has 186 valence electrons. The van der Waals surface area contributed by atoms with Crippen molar-refractivity contribution in [3.8, 4) is 0 Å². The van der Waals surface area contributed by atoms with Crippen LogP contribution in [0.1, 0.15) is 60.1 Å². The predicted octanol–water partition coefficient (Wildman–Crippen LogP) is 1.97. The van der Waals surface area contributed by atoms with Crippen LogP contribution in [-0.2, 0) is 33.8 Å². The summed E-state index contributed by atoms with van der Waals surface area (Å²) in [5.74, 6) is -2.25. The van der Waals surface area contributed by atoms with Crippen LogP contribution < -0.4 is 5.73 Å². The monoisotopic (exact) mass is 506 g/mol. The van der Waals surface area contributed by atoms with Gasteiger partial charge < -0.3 is 15.3 Å². The number of aromatic nitrogens is 1. The van der Waals surface area contributed by atoms with Crippen molar-refractivity contribution >= 4 is 44.3 Å². The molecule has 1 fully saturated rings. The maximum Gasteiger partial charge on any atom is 0.418 e. The molecule has 0 radical (unpaired) electrons. The van der Waals surface area contributed by atoms with Crippen molar-refractivity contribution in [2.45, 2.75) is 71.6 Å². The van der Waals surface area contributed by atoms with E-state index in [1.54, 1.807) is 19.2 Å². The lowest BCUT2D eigenvalue weighted by molar-refractivity contribution is -0.228. The minimum absolute atomic E-state index is 0.128. The molecule has 2 atom stereocenters. The van der Waals surface area contributed by atoms with E-state index in [4.69, 9.17) is 19.9 Å². The number of β-lactam (4-membered cyclic amide) rings is 1. The maximum atomic E-state index is 13.1. The quantitative estimate of drug-likeness (QED) is 0.185. The Morgan fingerprint density at radius 2 is 2.09 bits per heavy atom. The van der Waals surface area contributed by atoms with Crippen LogP contribution in [0.15, 0.2) is 10.5 Å². The van der Waals surface area contributed by atoms with Gasteiger partial charge in [-0.05, 0) is 41.0 Å². The van der Waals surface area contributed by atoms with Crippen molar-refractivity contribution in [3.05, 3.63) is 11.1 Å².